The van der Waals surface area contributed by atoms with Crippen LogP contribution < -0.4 is 10.6 Å². The number of fused-ring (bicyclic) bond motifs is 1. The predicted octanol–water partition coefficient (Wildman–Crippen LogP) is 4.33. The van der Waals surface area contributed by atoms with Crippen molar-refractivity contribution >= 4 is 17.3 Å². The van der Waals surface area contributed by atoms with Crippen molar-refractivity contribution in [1.82, 2.24) is 0 Å². The fourth-order valence-corrected chi connectivity index (χ4v) is 2.85. The molecule has 2 N–H and O–H groups in total. The number of benzene rings is 2. The highest BCUT2D eigenvalue weighted by Gasteiger charge is 2.24. The summed E-state index contributed by atoms with van der Waals surface area (Å²) < 4.78 is 40.2. The average Bonchev–Trinajstić information content (AvgIpc) is 2.97. The Hall–Kier alpha value is -2.76. The van der Waals surface area contributed by atoms with E-state index >= 15 is 0 Å². The standard InChI is InChI=1S/C18H15F3N2O/c1-2-16(24)22-11-5-3-10-4-7-14(12(10)9-11)23-15-8-6-13(19)17(20)18(15)21/h2-3,5-6,8-9,14,23H,1,4,7H2,(H,22,24). The highest BCUT2D eigenvalue weighted by molar-refractivity contribution is 5.98. The van der Waals surface area contributed by atoms with Crippen LogP contribution in [0.1, 0.15) is 23.6 Å². The quantitative estimate of drug-likeness (QED) is 0.646. The Kier molecular flexibility index (Phi) is 4.29. The normalized spacial score (nSPS) is 15.7. The second-order valence-corrected chi connectivity index (χ2v) is 5.57. The molecular formula is C18H15F3N2O. The minimum Gasteiger partial charge on any atom is -0.376 e. The summed E-state index contributed by atoms with van der Waals surface area (Å²) in [4.78, 5) is 11.4. The molecule has 0 aliphatic heterocycles. The van der Waals surface area contributed by atoms with Gasteiger partial charge in [0.15, 0.2) is 17.5 Å². The van der Waals surface area contributed by atoms with Gasteiger partial charge in [-0.3, -0.25) is 4.79 Å². The Morgan fingerprint density at radius 3 is 2.71 bits per heavy atom. The van der Waals surface area contributed by atoms with Crippen LogP contribution in [0.4, 0.5) is 24.5 Å². The molecule has 24 heavy (non-hydrogen) atoms. The zero-order chi connectivity index (χ0) is 17.3. The molecule has 1 unspecified atom stereocenters. The monoisotopic (exact) mass is 332 g/mol. The molecule has 2 aromatic carbocycles. The Morgan fingerprint density at radius 2 is 1.96 bits per heavy atom. The largest absolute Gasteiger partial charge is 0.376 e. The van der Waals surface area contributed by atoms with Crippen molar-refractivity contribution in [2.75, 3.05) is 10.6 Å². The molecule has 1 aliphatic rings. The van der Waals surface area contributed by atoms with Crippen LogP contribution in [0.25, 0.3) is 0 Å². The van der Waals surface area contributed by atoms with Crippen molar-refractivity contribution in [3.8, 4) is 0 Å². The smallest absolute Gasteiger partial charge is 0.247 e. The van der Waals surface area contributed by atoms with Crippen LogP contribution in [0.5, 0.6) is 0 Å². The number of hydrogen-bond donors (Lipinski definition) is 2. The van der Waals surface area contributed by atoms with Gasteiger partial charge in [0.2, 0.25) is 5.91 Å². The number of carbonyl (C=O) groups is 1. The van der Waals surface area contributed by atoms with Gasteiger partial charge in [0.1, 0.15) is 0 Å². The number of hydrogen-bond acceptors (Lipinski definition) is 2. The Labute approximate surface area is 137 Å². The Bertz CT molecular complexity index is 820. The average molecular weight is 332 g/mol. The zero-order valence-corrected chi connectivity index (χ0v) is 12.7. The first-order valence-electron chi connectivity index (χ1n) is 7.46. The molecule has 1 atom stereocenters. The summed E-state index contributed by atoms with van der Waals surface area (Å²) in [6.45, 7) is 3.39. The number of anilines is 2. The summed E-state index contributed by atoms with van der Waals surface area (Å²) in [7, 11) is 0. The van der Waals surface area contributed by atoms with Gasteiger partial charge in [-0.15, -0.1) is 0 Å². The lowest BCUT2D eigenvalue weighted by Crippen LogP contribution is -2.11. The number of rotatable bonds is 4. The van der Waals surface area contributed by atoms with Crippen molar-refractivity contribution in [2.24, 2.45) is 0 Å². The summed E-state index contributed by atoms with van der Waals surface area (Å²) >= 11 is 0. The van der Waals surface area contributed by atoms with E-state index in [1.54, 1.807) is 12.1 Å². The van der Waals surface area contributed by atoms with Crippen LogP contribution in [0.3, 0.4) is 0 Å². The van der Waals surface area contributed by atoms with Crippen LogP contribution in [0.2, 0.25) is 0 Å². The van der Waals surface area contributed by atoms with E-state index in [0.29, 0.717) is 12.1 Å². The molecule has 1 aliphatic carbocycles. The van der Waals surface area contributed by atoms with Gasteiger partial charge in [-0.05, 0) is 54.3 Å². The minimum absolute atomic E-state index is 0.0905. The second kappa shape index (κ2) is 6.39. The van der Waals surface area contributed by atoms with Crippen LogP contribution in [0, 0.1) is 17.5 Å². The first-order valence-corrected chi connectivity index (χ1v) is 7.46. The molecule has 0 bridgehead atoms. The van der Waals surface area contributed by atoms with E-state index in [2.05, 4.69) is 17.2 Å². The molecule has 0 aromatic heterocycles. The SMILES string of the molecule is C=CC(=O)Nc1ccc2c(c1)C(Nc1ccc(F)c(F)c1F)CC2. The van der Waals surface area contributed by atoms with Gasteiger partial charge >= 0.3 is 0 Å². The van der Waals surface area contributed by atoms with Crippen molar-refractivity contribution in [3.05, 3.63) is 71.6 Å². The first kappa shape index (κ1) is 16.1. The van der Waals surface area contributed by atoms with E-state index in [9.17, 15) is 18.0 Å². The van der Waals surface area contributed by atoms with E-state index in [-0.39, 0.29) is 17.6 Å². The number of halogens is 3. The van der Waals surface area contributed by atoms with Gasteiger partial charge in [-0.1, -0.05) is 12.6 Å². The van der Waals surface area contributed by atoms with Crippen LogP contribution in [-0.4, -0.2) is 5.91 Å². The molecule has 1 amide bonds. The van der Waals surface area contributed by atoms with Crippen LogP contribution >= 0.6 is 0 Å². The van der Waals surface area contributed by atoms with E-state index in [4.69, 9.17) is 0 Å². The number of aryl methyl sites for hydroxylation is 1. The maximum Gasteiger partial charge on any atom is 0.247 e. The maximum absolute atomic E-state index is 13.8. The Balaban J connectivity index is 1.86. The highest BCUT2D eigenvalue weighted by Crippen LogP contribution is 2.36. The molecule has 3 rings (SSSR count). The molecule has 3 nitrogen and oxygen atoms in total. The molecule has 0 saturated heterocycles. The van der Waals surface area contributed by atoms with E-state index in [1.807, 2.05) is 6.07 Å². The molecule has 0 heterocycles. The van der Waals surface area contributed by atoms with Crippen molar-refractivity contribution in [1.29, 1.82) is 0 Å². The van der Waals surface area contributed by atoms with Crippen molar-refractivity contribution in [3.63, 3.8) is 0 Å². The third kappa shape index (κ3) is 2.99. The van der Waals surface area contributed by atoms with Crippen LogP contribution in [-0.2, 0) is 11.2 Å². The van der Waals surface area contributed by atoms with Crippen molar-refractivity contribution in [2.45, 2.75) is 18.9 Å². The lowest BCUT2D eigenvalue weighted by atomic mass is 10.1. The number of amides is 1. The second-order valence-electron chi connectivity index (χ2n) is 5.57. The van der Waals surface area contributed by atoms with Gasteiger partial charge in [0, 0.05) is 5.69 Å². The summed E-state index contributed by atoms with van der Waals surface area (Å²) in [5.41, 5.74) is 2.46. The lowest BCUT2D eigenvalue weighted by molar-refractivity contribution is -0.111. The zero-order valence-electron chi connectivity index (χ0n) is 12.7. The predicted molar refractivity (Wildman–Crippen MR) is 86.3 cm³/mol. The fourth-order valence-electron chi connectivity index (χ4n) is 2.85. The summed E-state index contributed by atoms with van der Waals surface area (Å²) in [5.74, 6) is -4.28. The molecule has 2 aromatic rings. The highest BCUT2D eigenvalue weighted by atomic mass is 19.2. The van der Waals surface area contributed by atoms with Gasteiger partial charge < -0.3 is 10.6 Å². The summed E-state index contributed by atoms with van der Waals surface area (Å²) in [5, 5.41) is 5.58. The van der Waals surface area contributed by atoms with Gasteiger partial charge in [-0.2, -0.15) is 0 Å². The molecule has 0 spiro atoms. The van der Waals surface area contributed by atoms with E-state index < -0.39 is 17.5 Å². The maximum atomic E-state index is 13.8. The Morgan fingerprint density at radius 1 is 1.17 bits per heavy atom. The van der Waals surface area contributed by atoms with Crippen molar-refractivity contribution < 1.29 is 18.0 Å². The molecular weight excluding hydrogens is 317 g/mol. The summed E-state index contributed by atoms with van der Waals surface area (Å²) in [6, 6.07) is 7.27. The molecule has 0 radical (unpaired) electrons. The molecule has 0 saturated carbocycles. The summed E-state index contributed by atoms with van der Waals surface area (Å²) in [6.07, 6.45) is 2.63. The molecule has 124 valence electrons. The third-order valence-electron chi connectivity index (χ3n) is 4.04. The van der Waals surface area contributed by atoms with E-state index in [0.717, 1.165) is 23.6 Å². The van der Waals surface area contributed by atoms with Gasteiger partial charge in [-0.25, -0.2) is 13.2 Å². The number of nitrogens with one attached hydrogen (secondary N) is 2. The van der Waals surface area contributed by atoms with E-state index in [1.165, 1.54) is 12.1 Å². The van der Waals surface area contributed by atoms with Gasteiger partial charge in [0.05, 0.1) is 11.7 Å². The molecule has 6 heteroatoms. The minimum atomic E-state index is -1.50. The van der Waals surface area contributed by atoms with Gasteiger partial charge in [0.25, 0.3) is 0 Å². The fraction of sp³-hybridized carbons (Fsp3) is 0.167. The third-order valence-corrected chi connectivity index (χ3v) is 4.04. The topological polar surface area (TPSA) is 41.1 Å². The number of carbonyl (C=O) groups excluding carboxylic acids is 1. The molecule has 0 fully saturated rings. The van der Waals surface area contributed by atoms with Crippen LogP contribution in [0.15, 0.2) is 43.0 Å². The lowest BCUT2D eigenvalue weighted by Gasteiger charge is -2.17. The first-order chi connectivity index (χ1) is 11.5.